The van der Waals surface area contributed by atoms with Gasteiger partial charge >= 0.3 is 22.3 Å². The molecular weight excluding hydrogens is 1110 g/mol. The number of cyclic esters (lactones) is 1. The van der Waals surface area contributed by atoms with Crippen LogP contribution >= 0.6 is 0 Å². The van der Waals surface area contributed by atoms with Gasteiger partial charge in [-0.15, -0.1) is 0 Å². The second kappa shape index (κ2) is 31.3. The van der Waals surface area contributed by atoms with E-state index in [9.17, 15) is 67.8 Å². The number of Topliss-reactive ketones (excluding diaryl/α,β-unsaturated/α-hetero) is 3. The molecule has 0 aromatic heterocycles. The first-order chi connectivity index (χ1) is 39.1. The van der Waals surface area contributed by atoms with Gasteiger partial charge in [0.2, 0.25) is 5.79 Å². The molecule has 1 aliphatic carbocycles. The van der Waals surface area contributed by atoms with Crippen molar-refractivity contribution in [1.82, 2.24) is 14.3 Å². The zero-order chi connectivity index (χ0) is 61.7. The van der Waals surface area contributed by atoms with Gasteiger partial charge in [-0.25, -0.2) is 14.3 Å². The lowest BCUT2D eigenvalue weighted by Gasteiger charge is -2.42. The molecule has 4 fully saturated rings. The van der Waals surface area contributed by atoms with Crippen LogP contribution in [0, 0.1) is 35.5 Å². The lowest BCUT2D eigenvalue weighted by Crippen LogP contribution is -2.65. The van der Waals surface area contributed by atoms with Gasteiger partial charge in [-0.2, -0.15) is 13.1 Å². The maximum atomic E-state index is 14.6. The van der Waals surface area contributed by atoms with Gasteiger partial charge in [-0.3, -0.25) is 19.2 Å². The zero-order valence-electron chi connectivity index (χ0n) is 49.5. The Kier molecular flexibility index (Phi) is 26.2. The predicted octanol–water partition coefficient (Wildman–Crippen LogP) is 2.55. The second-order valence-electron chi connectivity index (χ2n) is 23.4. The largest absolute Gasteiger partial charge is 0.460 e. The molecule has 0 aromatic rings. The summed E-state index contributed by atoms with van der Waals surface area (Å²) in [5, 5.41) is 63.8. The van der Waals surface area contributed by atoms with Crippen LogP contribution in [0.5, 0.6) is 0 Å². The molecule has 4 heterocycles. The summed E-state index contributed by atoms with van der Waals surface area (Å²) in [6, 6.07) is -3.11. The van der Waals surface area contributed by atoms with Crippen molar-refractivity contribution < 1.29 is 101 Å². The molecule has 2 bridgehead atoms. The van der Waals surface area contributed by atoms with Crippen LogP contribution < -0.4 is 9.44 Å². The summed E-state index contributed by atoms with van der Waals surface area (Å²) in [4.78, 5) is 85.7. The number of ketones is 3. The Bertz CT molecular complexity index is 2470. The van der Waals surface area contributed by atoms with Crippen LogP contribution in [0.2, 0.25) is 0 Å². The van der Waals surface area contributed by atoms with E-state index in [2.05, 4.69) is 0 Å². The summed E-state index contributed by atoms with van der Waals surface area (Å²) in [6.45, 7) is 11.4. The number of hydrogen-bond donors (Lipinski definition) is 8. The molecule has 4 aliphatic heterocycles. The van der Waals surface area contributed by atoms with E-state index >= 15 is 0 Å². The number of rotatable bonds is 11. The molecule has 470 valence electrons. The maximum Gasteiger partial charge on any atom is 0.422 e. The van der Waals surface area contributed by atoms with Gasteiger partial charge < -0.3 is 68.7 Å². The molecule has 5 rings (SSSR count). The molecule has 24 nitrogen and oxygen atoms in total. The van der Waals surface area contributed by atoms with Crippen molar-refractivity contribution in [2.75, 3.05) is 34.5 Å². The maximum absolute atomic E-state index is 14.6. The molecule has 0 radical (unpaired) electrons. The van der Waals surface area contributed by atoms with Gasteiger partial charge in [0, 0.05) is 58.5 Å². The number of aliphatic hydroxyl groups is 6. The third kappa shape index (κ3) is 18.3. The number of carbonyl (C=O) groups is 6. The third-order valence-electron chi connectivity index (χ3n) is 17.1. The Balaban J connectivity index is 1.39. The topological polar surface area (TPSA) is 350 Å². The first-order valence-corrected chi connectivity index (χ1v) is 30.4. The van der Waals surface area contributed by atoms with E-state index in [0.717, 1.165) is 10.5 Å². The van der Waals surface area contributed by atoms with Crippen LogP contribution in [-0.4, -0.2) is 199 Å². The molecule has 5 aliphatic rings. The van der Waals surface area contributed by atoms with Gasteiger partial charge in [0.15, 0.2) is 12.1 Å². The standard InChI is InChI=1S/C58H91N3O21S/c1-31-16-12-11-13-17-32(2)43(76-8)28-39-21-19-37(7)58(73,82-39)53(68)54(69)61-23-15-14-18-40(61)55(70)79-44(29-41(63)33(3)25-36(6)49(65)52(78-10)48(64)35(5)24-31)34(4)26-38-20-22-42(45(27-38)77-9)81-57(72)60-83(74,75)59-47-51(67)50(66)46(30-62)80-56(47)71/h11-13,16-17,25,31,33-35,37-40,42-47,49-52,56,59,62,65-67,71,73H,14-15,18-24,26-30H2,1-10H3,(H,60,72)/b13-11?,16-12+,32-17?,36-25+/t31-,33-,34-,35-,37-,38+,39+,40+,42-,43+,44+,45-,46-,47-,49-,50-,51-,52+,56+,58-/m1/s1. The van der Waals surface area contributed by atoms with E-state index in [1.807, 2.05) is 48.9 Å². The highest BCUT2D eigenvalue weighted by Gasteiger charge is 2.53. The number of carbonyl (C=O) groups excluding carboxylic acids is 6. The summed E-state index contributed by atoms with van der Waals surface area (Å²) in [7, 11) is -0.614. The van der Waals surface area contributed by atoms with E-state index in [1.54, 1.807) is 46.5 Å². The van der Waals surface area contributed by atoms with Crippen LogP contribution in [0.4, 0.5) is 4.79 Å². The number of ether oxygens (including phenoxy) is 7. The molecule has 8 N–H and O–H groups in total. The molecule has 1 saturated carbocycles. The molecule has 25 heteroatoms. The number of amides is 2. The Morgan fingerprint density at radius 3 is 2.23 bits per heavy atom. The first kappa shape index (κ1) is 69.4. The van der Waals surface area contributed by atoms with Gasteiger partial charge in [0.1, 0.15) is 60.6 Å². The van der Waals surface area contributed by atoms with E-state index in [-0.39, 0.29) is 56.3 Å². The third-order valence-corrected chi connectivity index (χ3v) is 18.1. The number of nitrogens with zero attached hydrogens (tertiary/aromatic N) is 1. The van der Waals surface area contributed by atoms with E-state index in [0.29, 0.717) is 50.5 Å². The van der Waals surface area contributed by atoms with Crippen LogP contribution in [0.1, 0.15) is 126 Å². The fraction of sp³-hybridized carbons (Fsp3) is 0.759. The molecule has 83 heavy (non-hydrogen) atoms. The van der Waals surface area contributed by atoms with E-state index in [4.69, 9.17) is 33.2 Å². The lowest BCUT2D eigenvalue weighted by atomic mass is 9.78. The minimum absolute atomic E-state index is 0.0101. The van der Waals surface area contributed by atoms with Crippen molar-refractivity contribution in [3.05, 3.63) is 47.6 Å². The number of fused-ring (bicyclic) bond motifs is 3. The zero-order valence-corrected chi connectivity index (χ0v) is 50.3. The Morgan fingerprint density at radius 2 is 1.57 bits per heavy atom. The van der Waals surface area contributed by atoms with Crippen molar-refractivity contribution in [3.63, 3.8) is 0 Å². The summed E-state index contributed by atoms with van der Waals surface area (Å²) in [6.07, 6.45) is -1.01. The fourth-order valence-electron chi connectivity index (χ4n) is 11.9. The highest BCUT2D eigenvalue weighted by Crippen LogP contribution is 2.38. The van der Waals surface area contributed by atoms with Crippen molar-refractivity contribution in [2.45, 2.75) is 211 Å². The number of nitrogens with one attached hydrogen (secondary N) is 2. The average Bonchev–Trinajstić information content (AvgIpc) is 3.65. The number of esters is 1. The van der Waals surface area contributed by atoms with E-state index < -0.39 is 155 Å². The second-order valence-corrected chi connectivity index (χ2v) is 24.9. The predicted molar refractivity (Wildman–Crippen MR) is 298 cm³/mol. The average molecular weight is 1200 g/mol. The summed E-state index contributed by atoms with van der Waals surface area (Å²) in [5.74, 6) is -9.45. The number of piperidine rings is 1. The Hall–Kier alpha value is -4.35. The van der Waals surface area contributed by atoms with Crippen LogP contribution in [0.25, 0.3) is 0 Å². The first-order valence-electron chi connectivity index (χ1n) is 28.9. The molecule has 0 spiro atoms. The normalized spacial score (nSPS) is 38.9. The van der Waals surface area contributed by atoms with Gasteiger partial charge in [0.25, 0.3) is 11.7 Å². The number of allylic oxidation sites excluding steroid dienone is 6. The highest BCUT2D eigenvalue weighted by molar-refractivity contribution is 7.88. The van der Waals surface area contributed by atoms with Crippen LogP contribution in [0.15, 0.2) is 47.6 Å². The Labute approximate surface area is 487 Å². The Morgan fingerprint density at radius 1 is 0.855 bits per heavy atom. The molecule has 3 saturated heterocycles. The number of aliphatic hydroxyl groups excluding tert-OH is 5. The molecule has 0 unspecified atom stereocenters. The molecule has 0 aromatic carbocycles. The smallest absolute Gasteiger partial charge is 0.422 e. The summed E-state index contributed by atoms with van der Waals surface area (Å²) in [5.41, 5.74) is 1.13. The van der Waals surface area contributed by atoms with Crippen molar-refractivity contribution in [1.29, 1.82) is 0 Å². The van der Waals surface area contributed by atoms with Crippen molar-refractivity contribution >= 4 is 45.5 Å². The fourth-order valence-corrected chi connectivity index (χ4v) is 12.9. The van der Waals surface area contributed by atoms with Crippen LogP contribution in [0.3, 0.4) is 0 Å². The van der Waals surface area contributed by atoms with Gasteiger partial charge in [-0.1, -0.05) is 71.1 Å². The lowest BCUT2D eigenvalue weighted by molar-refractivity contribution is -0.265. The molecule has 2 amide bonds. The monoisotopic (exact) mass is 1200 g/mol. The number of hydrogen-bond acceptors (Lipinski definition) is 21. The SMILES string of the molecule is CO[C@H]1C[C@@H]2CC[C@@H](C)[C@@](O)(O2)C(=O)C(=O)N2CCCC[C@H]2C(=O)O[C@H]([C@H](C)C[C@@H]2CC[C@@H](OC(=O)NS(=O)(=O)N[C@@H]3[C@@H](O)[C@H](O)[C@@H](CO)O[C@@H]3O)[C@H](OC)C2)CC(=O)[C@H](C)/C=C(\C)[C@@H](O)[C@@H](OC)C(=O)[C@H](C)C[C@H](C)/C=C/C=CC=C1C. The van der Waals surface area contributed by atoms with Gasteiger partial charge in [0.05, 0.1) is 24.9 Å². The van der Waals surface area contributed by atoms with Crippen molar-refractivity contribution in [2.24, 2.45) is 35.5 Å². The van der Waals surface area contributed by atoms with E-state index in [1.165, 1.54) is 20.3 Å². The molecule has 20 atom stereocenters. The number of methoxy groups -OCH3 is 3. The minimum atomic E-state index is -4.86. The summed E-state index contributed by atoms with van der Waals surface area (Å²) >= 11 is 0. The van der Waals surface area contributed by atoms with Gasteiger partial charge in [-0.05, 0) is 107 Å². The molecular formula is C58H91N3O21S. The van der Waals surface area contributed by atoms with Crippen molar-refractivity contribution in [3.8, 4) is 0 Å². The minimum Gasteiger partial charge on any atom is -0.460 e. The summed E-state index contributed by atoms with van der Waals surface area (Å²) < 4.78 is 69.4. The van der Waals surface area contributed by atoms with Crippen LogP contribution in [-0.2, 0) is 67.3 Å². The quantitative estimate of drug-likeness (QED) is 0.0837. The highest BCUT2D eigenvalue weighted by atomic mass is 32.2.